The van der Waals surface area contributed by atoms with E-state index in [-0.39, 0.29) is 17.9 Å². The molecule has 2 unspecified atom stereocenters. The van der Waals surface area contributed by atoms with E-state index in [9.17, 15) is 4.79 Å². The van der Waals surface area contributed by atoms with Gasteiger partial charge in [0.05, 0.1) is 5.92 Å². The Balaban J connectivity index is 2.04. The average molecular weight is 220 g/mol. The van der Waals surface area contributed by atoms with Crippen molar-refractivity contribution < 1.29 is 9.53 Å². The van der Waals surface area contributed by atoms with Crippen molar-refractivity contribution in [2.45, 2.75) is 31.8 Å². The highest BCUT2D eigenvalue weighted by Crippen LogP contribution is 2.27. The number of nitrogens with zero attached hydrogens (tertiary/aromatic N) is 1. The van der Waals surface area contributed by atoms with Crippen molar-refractivity contribution in [2.75, 3.05) is 0 Å². The van der Waals surface area contributed by atoms with Crippen molar-refractivity contribution in [1.82, 2.24) is 4.98 Å². The summed E-state index contributed by atoms with van der Waals surface area (Å²) in [5, 5.41) is 0. The van der Waals surface area contributed by atoms with Gasteiger partial charge in [0.2, 0.25) is 11.8 Å². The number of carbonyl (C=O) groups excluding carboxylic acids is 1. The summed E-state index contributed by atoms with van der Waals surface area (Å²) in [5.41, 5.74) is 5.37. The van der Waals surface area contributed by atoms with E-state index in [1.165, 1.54) is 0 Å². The first-order valence-electron chi connectivity index (χ1n) is 5.64. The van der Waals surface area contributed by atoms with E-state index in [0.29, 0.717) is 5.88 Å². The average Bonchev–Trinajstić information content (AvgIpc) is 2.31. The molecule has 16 heavy (non-hydrogen) atoms. The molecule has 1 heterocycles. The number of aromatic nitrogens is 1. The van der Waals surface area contributed by atoms with E-state index >= 15 is 0 Å². The Kier molecular flexibility index (Phi) is 3.39. The molecule has 1 saturated carbocycles. The van der Waals surface area contributed by atoms with E-state index in [4.69, 9.17) is 10.5 Å². The zero-order valence-corrected chi connectivity index (χ0v) is 9.13. The van der Waals surface area contributed by atoms with Crippen LogP contribution in [0.3, 0.4) is 0 Å². The van der Waals surface area contributed by atoms with Crippen LogP contribution in [-0.2, 0) is 4.79 Å². The van der Waals surface area contributed by atoms with Gasteiger partial charge in [-0.1, -0.05) is 12.5 Å². The lowest BCUT2D eigenvalue weighted by atomic mass is 9.86. The smallest absolute Gasteiger partial charge is 0.224 e. The van der Waals surface area contributed by atoms with Crippen LogP contribution in [0.15, 0.2) is 24.4 Å². The summed E-state index contributed by atoms with van der Waals surface area (Å²) in [7, 11) is 0. The minimum absolute atomic E-state index is 0.110. The van der Waals surface area contributed by atoms with Gasteiger partial charge in [0.1, 0.15) is 6.10 Å². The normalized spacial score (nSPS) is 25.0. The summed E-state index contributed by atoms with van der Waals surface area (Å²) in [6.45, 7) is 0. The van der Waals surface area contributed by atoms with Gasteiger partial charge >= 0.3 is 0 Å². The highest BCUT2D eigenvalue weighted by atomic mass is 16.5. The summed E-state index contributed by atoms with van der Waals surface area (Å²) >= 11 is 0. The fourth-order valence-electron chi connectivity index (χ4n) is 2.14. The molecule has 4 nitrogen and oxygen atoms in total. The zero-order valence-electron chi connectivity index (χ0n) is 9.13. The van der Waals surface area contributed by atoms with E-state index in [1.54, 1.807) is 12.3 Å². The van der Waals surface area contributed by atoms with Crippen molar-refractivity contribution in [3.8, 4) is 5.88 Å². The third kappa shape index (κ3) is 2.51. The standard InChI is InChI=1S/C12H16N2O2/c13-12(15)9-5-1-2-6-10(9)16-11-7-3-4-8-14-11/h3-4,7-10H,1-2,5-6H2,(H2,13,15). The Morgan fingerprint density at radius 2 is 2.19 bits per heavy atom. The van der Waals surface area contributed by atoms with Crippen molar-refractivity contribution in [2.24, 2.45) is 11.7 Å². The molecule has 1 fully saturated rings. The van der Waals surface area contributed by atoms with E-state index < -0.39 is 0 Å². The second-order valence-corrected chi connectivity index (χ2v) is 4.12. The zero-order chi connectivity index (χ0) is 11.4. The third-order valence-corrected chi connectivity index (χ3v) is 2.98. The fourth-order valence-corrected chi connectivity index (χ4v) is 2.14. The van der Waals surface area contributed by atoms with Gasteiger partial charge in [-0.3, -0.25) is 4.79 Å². The Hall–Kier alpha value is -1.58. The largest absolute Gasteiger partial charge is 0.474 e. The topological polar surface area (TPSA) is 65.2 Å². The molecule has 0 aliphatic heterocycles. The van der Waals surface area contributed by atoms with Gasteiger partial charge in [0.15, 0.2) is 0 Å². The molecular formula is C12H16N2O2. The van der Waals surface area contributed by atoms with Gasteiger partial charge in [-0.25, -0.2) is 4.98 Å². The maximum absolute atomic E-state index is 11.3. The second kappa shape index (κ2) is 4.96. The quantitative estimate of drug-likeness (QED) is 0.839. The van der Waals surface area contributed by atoms with Gasteiger partial charge in [-0.15, -0.1) is 0 Å². The fraction of sp³-hybridized carbons (Fsp3) is 0.500. The summed E-state index contributed by atoms with van der Waals surface area (Å²) < 4.78 is 5.72. The lowest BCUT2D eigenvalue weighted by molar-refractivity contribution is -0.126. The molecule has 1 aromatic heterocycles. The van der Waals surface area contributed by atoms with Crippen LogP contribution >= 0.6 is 0 Å². The lowest BCUT2D eigenvalue weighted by Crippen LogP contribution is -2.39. The number of primary amides is 1. The minimum atomic E-state index is -0.263. The van der Waals surface area contributed by atoms with Crippen LogP contribution in [0.2, 0.25) is 0 Å². The SMILES string of the molecule is NC(=O)C1CCCCC1Oc1ccccn1. The minimum Gasteiger partial charge on any atom is -0.474 e. The van der Waals surface area contributed by atoms with Crippen molar-refractivity contribution in [3.05, 3.63) is 24.4 Å². The Bertz CT molecular complexity index is 353. The first kappa shape index (κ1) is 10.9. The number of carbonyl (C=O) groups is 1. The van der Waals surface area contributed by atoms with Gasteiger partial charge in [0, 0.05) is 12.3 Å². The first-order chi connectivity index (χ1) is 7.77. The van der Waals surface area contributed by atoms with Crippen molar-refractivity contribution in [1.29, 1.82) is 0 Å². The number of rotatable bonds is 3. The third-order valence-electron chi connectivity index (χ3n) is 2.98. The Morgan fingerprint density at radius 1 is 1.38 bits per heavy atom. The molecule has 86 valence electrons. The van der Waals surface area contributed by atoms with Crippen LogP contribution in [0.1, 0.15) is 25.7 Å². The van der Waals surface area contributed by atoms with E-state index in [2.05, 4.69) is 4.98 Å². The van der Waals surface area contributed by atoms with Crippen LogP contribution < -0.4 is 10.5 Å². The predicted molar refractivity (Wildman–Crippen MR) is 59.8 cm³/mol. The van der Waals surface area contributed by atoms with Crippen LogP contribution in [0.5, 0.6) is 5.88 Å². The number of nitrogens with two attached hydrogens (primary N) is 1. The number of ether oxygens (including phenoxy) is 1. The summed E-state index contributed by atoms with van der Waals surface area (Å²) in [6, 6.07) is 5.50. The van der Waals surface area contributed by atoms with Crippen LogP contribution in [-0.4, -0.2) is 17.0 Å². The molecule has 2 atom stereocenters. The molecule has 1 aliphatic carbocycles. The first-order valence-corrected chi connectivity index (χ1v) is 5.64. The molecule has 2 N–H and O–H groups in total. The lowest BCUT2D eigenvalue weighted by Gasteiger charge is -2.29. The van der Waals surface area contributed by atoms with Crippen molar-refractivity contribution >= 4 is 5.91 Å². The summed E-state index contributed by atoms with van der Waals surface area (Å²) in [6.07, 6.45) is 5.41. The number of hydrogen-bond donors (Lipinski definition) is 1. The number of hydrogen-bond acceptors (Lipinski definition) is 3. The Labute approximate surface area is 94.8 Å². The molecule has 2 rings (SSSR count). The van der Waals surface area contributed by atoms with Gasteiger partial charge in [-0.05, 0) is 25.3 Å². The molecule has 0 spiro atoms. The molecule has 4 heteroatoms. The predicted octanol–water partition coefficient (Wildman–Crippen LogP) is 1.50. The highest BCUT2D eigenvalue weighted by Gasteiger charge is 2.31. The monoisotopic (exact) mass is 220 g/mol. The number of pyridine rings is 1. The highest BCUT2D eigenvalue weighted by molar-refractivity contribution is 5.77. The van der Waals surface area contributed by atoms with Crippen molar-refractivity contribution in [3.63, 3.8) is 0 Å². The Morgan fingerprint density at radius 3 is 2.88 bits per heavy atom. The summed E-state index contributed by atoms with van der Waals surface area (Å²) in [5.74, 6) is 0.136. The summed E-state index contributed by atoms with van der Waals surface area (Å²) in [4.78, 5) is 15.4. The van der Waals surface area contributed by atoms with E-state index in [1.807, 2.05) is 12.1 Å². The molecule has 1 amide bonds. The molecular weight excluding hydrogens is 204 g/mol. The second-order valence-electron chi connectivity index (χ2n) is 4.12. The maximum atomic E-state index is 11.3. The van der Waals surface area contributed by atoms with Crippen LogP contribution in [0, 0.1) is 5.92 Å². The van der Waals surface area contributed by atoms with Crippen LogP contribution in [0.4, 0.5) is 0 Å². The molecule has 0 saturated heterocycles. The number of amides is 1. The van der Waals surface area contributed by atoms with Gasteiger partial charge in [0.25, 0.3) is 0 Å². The maximum Gasteiger partial charge on any atom is 0.224 e. The molecule has 1 aromatic rings. The molecule has 1 aliphatic rings. The molecule has 0 radical (unpaired) electrons. The molecule has 0 aromatic carbocycles. The van der Waals surface area contributed by atoms with Gasteiger partial charge in [-0.2, -0.15) is 0 Å². The molecule has 0 bridgehead atoms. The van der Waals surface area contributed by atoms with Crippen LogP contribution in [0.25, 0.3) is 0 Å². The van der Waals surface area contributed by atoms with E-state index in [0.717, 1.165) is 25.7 Å². The van der Waals surface area contributed by atoms with Gasteiger partial charge < -0.3 is 10.5 Å².